The van der Waals surface area contributed by atoms with E-state index >= 15 is 0 Å². The first-order valence-electron chi connectivity index (χ1n) is 5.91. The molecule has 0 unspecified atom stereocenters. The van der Waals surface area contributed by atoms with Gasteiger partial charge in [0.25, 0.3) is 5.91 Å². The molecule has 0 spiro atoms. The second-order valence-electron chi connectivity index (χ2n) is 4.18. The maximum absolute atomic E-state index is 12.2. The molecular formula is C13H14BrN5O. The number of carbonyl (C=O) groups excluding carboxylic acids is 1. The van der Waals surface area contributed by atoms with E-state index in [0.717, 1.165) is 11.1 Å². The van der Waals surface area contributed by atoms with E-state index < -0.39 is 0 Å². The Labute approximate surface area is 124 Å². The number of nitrogens with one attached hydrogen (secondary N) is 2. The van der Waals surface area contributed by atoms with Crippen LogP contribution in [0.25, 0.3) is 0 Å². The van der Waals surface area contributed by atoms with Crippen LogP contribution in [0.5, 0.6) is 0 Å². The van der Waals surface area contributed by atoms with Gasteiger partial charge in [-0.15, -0.1) is 0 Å². The van der Waals surface area contributed by atoms with Crippen molar-refractivity contribution in [3.05, 3.63) is 51.9 Å². The topological polar surface area (TPSA) is 92.9 Å². The fourth-order valence-electron chi connectivity index (χ4n) is 1.68. The van der Waals surface area contributed by atoms with Gasteiger partial charge < -0.3 is 10.7 Å². The van der Waals surface area contributed by atoms with Crippen LogP contribution >= 0.6 is 15.9 Å². The molecule has 0 saturated carbocycles. The number of hydrogen-bond acceptors (Lipinski definition) is 5. The summed E-state index contributed by atoms with van der Waals surface area (Å²) in [6.45, 7) is 2.37. The summed E-state index contributed by atoms with van der Waals surface area (Å²) in [5.74, 6) is 5.42. The van der Waals surface area contributed by atoms with E-state index in [1.807, 2.05) is 13.0 Å². The molecule has 1 amide bonds. The highest BCUT2D eigenvalue weighted by molar-refractivity contribution is 9.10. The van der Waals surface area contributed by atoms with Crippen LogP contribution in [0, 0.1) is 6.92 Å². The Morgan fingerprint density at radius 2 is 2.25 bits per heavy atom. The van der Waals surface area contributed by atoms with Crippen LogP contribution in [-0.4, -0.2) is 15.9 Å². The first-order valence-corrected chi connectivity index (χ1v) is 6.71. The van der Waals surface area contributed by atoms with Crippen molar-refractivity contribution in [2.75, 3.05) is 5.43 Å². The number of hydrazine groups is 1. The van der Waals surface area contributed by atoms with E-state index in [-0.39, 0.29) is 5.91 Å². The van der Waals surface area contributed by atoms with E-state index in [9.17, 15) is 4.79 Å². The molecule has 4 N–H and O–H groups in total. The molecule has 0 aliphatic heterocycles. The molecule has 0 saturated heterocycles. The molecule has 6 nitrogen and oxygen atoms in total. The lowest BCUT2D eigenvalue weighted by molar-refractivity contribution is 0.0951. The summed E-state index contributed by atoms with van der Waals surface area (Å²) >= 11 is 3.28. The second kappa shape index (κ2) is 6.44. The fraction of sp³-hybridized carbons (Fsp3) is 0.154. The van der Waals surface area contributed by atoms with Gasteiger partial charge in [-0.25, -0.2) is 10.8 Å². The number of carbonyl (C=O) groups is 1. The summed E-state index contributed by atoms with van der Waals surface area (Å²) in [5, 5.41) is 2.82. The van der Waals surface area contributed by atoms with Crippen molar-refractivity contribution in [2.24, 2.45) is 5.84 Å². The molecule has 0 atom stereocenters. The molecule has 0 fully saturated rings. The number of halogens is 1. The van der Waals surface area contributed by atoms with E-state index in [0.29, 0.717) is 22.4 Å². The SMILES string of the molecule is Cc1ccncc1CNC(=O)c1cc(Br)cnc1NN. The average molecular weight is 336 g/mol. The normalized spacial score (nSPS) is 10.2. The van der Waals surface area contributed by atoms with Crippen LogP contribution in [0.4, 0.5) is 5.82 Å². The second-order valence-corrected chi connectivity index (χ2v) is 5.09. The van der Waals surface area contributed by atoms with Gasteiger partial charge in [-0.1, -0.05) is 0 Å². The Balaban J connectivity index is 2.13. The molecule has 0 aliphatic rings. The fourth-order valence-corrected chi connectivity index (χ4v) is 2.01. The third-order valence-electron chi connectivity index (χ3n) is 2.82. The minimum absolute atomic E-state index is 0.255. The highest BCUT2D eigenvalue weighted by Crippen LogP contribution is 2.17. The Hall–Kier alpha value is -1.99. The zero-order valence-electron chi connectivity index (χ0n) is 10.9. The van der Waals surface area contributed by atoms with Gasteiger partial charge in [0.2, 0.25) is 0 Å². The highest BCUT2D eigenvalue weighted by Gasteiger charge is 2.13. The van der Waals surface area contributed by atoms with Crippen molar-refractivity contribution in [1.29, 1.82) is 0 Å². The van der Waals surface area contributed by atoms with Gasteiger partial charge in [0.05, 0.1) is 5.56 Å². The zero-order valence-corrected chi connectivity index (χ0v) is 12.4. The first kappa shape index (κ1) is 14.4. The molecule has 7 heteroatoms. The van der Waals surface area contributed by atoms with Crippen LogP contribution in [-0.2, 0) is 6.54 Å². The maximum Gasteiger partial charge on any atom is 0.255 e. The molecule has 20 heavy (non-hydrogen) atoms. The predicted molar refractivity (Wildman–Crippen MR) is 79.9 cm³/mol. The summed E-state index contributed by atoms with van der Waals surface area (Å²) in [5.41, 5.74) is 4.82. The van der Waals surface area contributed by atoms with E-state index in [4.69, 9.17) is 5.84 Å². The molecule has 2 rings (SSSR count). The molecular weight excluding hydrogens is 322 g/mol. The van der Waals surface area contributed by atoms with Gasteiger partial charge in [-0.05, 0) is 46.1 Å². The number of hydrogen-bond donors (Lipinski definition) is 3. The summed E-state index contributed by atoms with van der Waals surface area (Å²) < 4.78 is 0.708. The van der Waals surface area contributed by atoms with Crippen LogP contribution in [0.15, 0.2) is 35.2 Å². The third-order valence-corrected chi connectivity index (χ3v) is 3.26. The number of nitrogen functional groups attached to an aromatic ring is 1. The summed E-state index contributed by atoms with van der Waals surface area (Å²) in [4.78, 5) is 20.2. The minimum atomic E-state index is -0.255. The van der Waals surface area contributed by atoms with Crippen molar-refractivity contribution < 1.29 is 4.79 Å². The van der Waals surface area contributed by atoms with Crippen LogP contribution in [0.1, 0.15) is 21.5 Å². The maximum atomic E-state index is 12.2. The largest absolute Gasteiger partial charge is 0.348 e. The minimum Gasteiger partial charge on any atom is -0.348 e. The molecule has 0 bridgehead atoms. The van der Waals surface area contributed by atoms with E-state index in [1.165, 1.54) is 0 Å². The van der Waals surface area contributed by atoms with Crippen molar-refractivity contribution in [2.45, 2.75) is 13.5 Å². The molecule has 0 aliphatic carbocycles. The predicted octanol–water partition coefficient (Wildman–Crippen LogP) is 1.76. The summed E-state index contributed by atoms with van der Waals surface area (Å²) in [6, 6.07) is 3.56. The number of rotatable bonds is 4. The zero-order chi connectivity index (χ0) is 14.5. The Morgan fingerprint density at radius 3 is 2.95 bits per heavy atom. The standard InChI is InChI=1S/C13H14BrN5O/c1-8-2-3-16-5-9(8)6-18-13(20)11-4-10(14)7-17-12(11)19-15/h2-5,7H,6,15H2,1H3,(H,17,19)(H,18,20). The van der Waals surface area contributed by atoms with Crippen molar-refractivity contribution >= 4 is 27.7 Å². The van der Waals surface area contributed by atoms with Crippen molar-refractivity contribution in [1.82, 2.24) is 15.3 Å². The van der Waals surface area contributed by atoms with Crippen LogP contribution in [0.3, 0.4) is 0 Å². The smallest absolute Gasteiger partial charge is 0.255 e. The monoisotopic (exact) mass is 335 g/mol. The highest BCUT2D eigenvalue weighted by atomic mass is 79.9. The molecule has 104 valence electrons. The lowest BCUT2D eigenvalue weighted by atomic mass is 10.1. The Kier molecular flexibility index (Phi) is 4.65. The third kappa shape index (κ3) is 3.31. The Morgan fingerprint density at radius 1 is 1.45 bits per heavy atom. The molecule has 0 radical (unpaired) electrons. The molecule has 0 aromatic carbocycles. The Bertz CT molecular complexity index is 632. The van der Waals surface area contributed by atoms with Gasteiger partial charge in [0.1, 0.15) is 0 Å². The number of anilines is 1. The van der Waals surface area contributed by atoms with Gasteiger partial charge in [0.15, 0.2) is 5.82 Å². The lowest BCUT2D eigenvalue weighted by Crippen LogP contribution is -2.25. The molecule has 2 heterocycles. The summed E-state index contributed by atoms with van der Waals surface area (Å²) in [7, 11) is 0. The summed E-state index contributed by atoms with van der Waals surface area (Å²) in [6.07, 6.45) is 5.02. The first-order chi connectivity index (χ1) is 9.61. The van der Waals surface area contributed by atoms with Gasteiger partial charge in [-0.3, -0.25) is 9.78 Å². The van der Waals surface area contributed by atoms with Crippen LogP contribution < -0.4 is 16.6 Å². The van der Waals surface area contributed by atoms with Crippen molar-refractivity contribution in [3.8, 4) is 0 Å². The van der Waals surface area contributed by atoms with E-state index in [2.05, 4.69) is 36.6 Å². The number of amides is 1. The van der Waals surface area contributed by atoms with Crippen LogP contribution in [0.2, 0.25) is 0 Å². The van der Waals surface area contributed by atoms with Gasteiger partial charge >= 0.3 is 0 Å². The number of pyridine rings is 2. The van der Waals surface area contributed by atoms with E-state index in [1.54, 1.807) is 24.7 Å². The number of nitrogens with two attached hydrogens (primary N) is 1. The lowest BCUT2D eigenvalue weighted by Gasteiger charge is -2.10. The quantitative estimate of drug-likeness (QED) is 0.584. The average Bonchev–Trinajstić information content (AvgIpc) is 2.46. The van der Waals surface area contributed by atoms with Gasteiger partial charge in [-0.2, -0.15) is 0 Å². The molecule has 2 aromatic heterocycles. The number of aryl methyl sites for hydroxylation is 1. The molecule has 2 aromatic rings. The van der Waals surface area contributed by atoms with Gasteiger partial charge in [0, 0.05) is 29.6 Å². The van der Waals surface area contributed by atoms with Crippen molar-refractivity contribution in [3.63, 3.8) is 0 Å². The number of nitrogens with zero attached hydrogens (tertiary/aromatic N) is 2. The number of aromatic nitrogens is 2.